The Morgan fingerprint density at radius 3 is 2.19 bits per heavy atom. The predicted molar refractivity (Wildman–Crippen MR) is 114 cm³/mol. The van der Waals surface area contributed by atoms with Crippen molar-refractivity contribution in [2.24, 2.45) is 0 Å². The molecule has 2 amide bonds. The Balaban J connectivity index is 1.52. The van der Waals surface area contributed by atoms with Crippen molar-refractivity contribution in [1.29, 1.82) is 0 Å². The van der Waals surface area contributed by atoms with Gasteiger partial charge in [0.25, 0.3) is 11.8 Å². The molecule has 0 spiro atoms. The number of carbonyl (C=O) groups is 2. The van der Waals surface area contributed by atoms with Crippen LogP contribution in [0.5, 0.6) is 0 Å². The topological polar surface area (TPSA) is 67.4 Å². The zero-order valence-corrected chi connectivity index (χ0v) is 17.0. The number of halogens is 3. The van der Waals surface area contributed by atoms with E-state index in [2.05, 4.69) is 15.4 Å². The summed E-state index contributed by atoms with van der Waals surface area (Å²) in [5.74, 6) is -0.598. The Bertz CT molecular complexity index is 1050. The van der Waals surface area contributed by atoms with Gasteiger partial charge in [0.15, 0.2) is 0 Å². The number of alkyl halides is 3. The minimum atomic E-state index is -4.38. The number of rotatable bonds is 8. The Hall–Kier alpha value is -3.65. The van der Waals surface area contributed by atoms with E-state index in [-0.39, 0.29) is 25.0 Å². The molecule has 0 aliphatic rings. The maximum atomic E-state index is 12.4. The lowest BCUT2D eigenvalue weighted by Crippen LogP contribution is -2.23. The maximum absolute atomic E-state index is 12.4. The molecule has 3 rings (SSSR count). The van der Waals surface area contributed by atoms with Crippen molar-refractivity contribution in [2.45, 2.75) is 19.3 Å². The van der Waals surface area contributed by atoms with E-state index in [9.17, 15) is 22.8 Å². The third kappa shape index (κ3) is 7.24. The number of hydrogen-bond acceptors (Lipinski definition) is 3. The number of hydrogen-bond donors (Lipinski definition) is 2. The van der Waals surface area contributed by atoms with Crippen LogP contribution in [0.4, 0.5) is 18.9 Å². The molecule has 0 atom stereocenters. The molecule has 0 saturated heterocycles. The Labute approximate surface area is 183 Å². The van der Waals surface area contributed by atoms with Gasteiger partial charge in [0.2, 0.25) is 0 Å². The van der Waals surface area contributed by atoms with Crippen LogP contribution in [-0.4, -0.2) is 24.6 Å². The largest absolute Gasteiger partial charge is 0.411 e. The number of para-hydroxylation sites is 1. The van der Waals surface area contributed by atoms with Crippen molar-refractivity contribution in [3.63, 3.8) is 0 Å². The molecule has 0 aromatic heterocycles. The first-order valence-electron chi connectivity index (χ1n) is 9.77. The zero-order valence-electron chi connectivity index (χ0n) is 17.0. The van der Waals surface area contributed by atoms with Crippen molar-refractivity contribution >= 4 is 17.5 Å². The molecule has 32 heavy (non-hydrogen) atoms. The summed E-state index contributed by atoms with van der Waals surface area (Å²) in [7, 11) is 0. The van der Waals surface area contributed by atoms with Crippen molar-refractivity contribution in [3.8, 4) is 0 Å². The van der Waals surface area contributed by atoms with E-state index >= 15 is 0 Å². The fraction of sp³-hybridized carbons (Fsp3) is 0.167. The minimum Gasteiger partial charge on any atom is -0.367 e. The SMILES string of the molecule is O=C(NCc1cccc(C(=O)Nc2ccccc2)c1)c1ccc(COCC(F)(F)F)cc1. The fourth-order valence-corrected chi connectivity index (χ4v) is 2.87. The van der Waals surface area contributed by atoms with Crippen LogP contribution >= 0.6 is 0 Å². The molecule has 0 heterocycles. The normalized spacial score (nSPS) is 11.1. The Morgan fingerprint density at radius 2 is 1.50 bits per heavy atom. The summed E-state index contributed by atoms with van der Waals surface area (Å²) in [6.07, 6.45) is -4.38. The zero-order chi connectivity index (χ0) is 23.0. The van der Waals surface area contributed by atoms with Gasteiger partial charge in [0.05, 0.1) is 6.61 Å². The highest BCUT2D eigenvalue weighted by Crippen LogP contribution is 2.16. The lowest BCUT2D eigenvalue weighted by molar-refractivity contribution is -0.176. The van der Waals surface area contributed by atoms with Gasteiger partial charge in [0, 0.05) is 23.4 Å². The second-order valence-electron chi connectivity index (χ2n) is 7.01. The molecular formula is C24H21F3N2O3. The summed E-state index contributed by atoms with van der Waals surface area (Å²) in [5, 5.41) is 5.57. The second-order valence-corrected chi connectivity index (χ2v) is 7.01. The number of amides is 2. The highest BCUT2D eigenvalue weighted by molar-refractivity contribution is 6.04. The molecule has 0 radical (unpaired) electrons. The van der Waals surface area contributed by atoms with Crippen molar-refractivity contribution < 1.29 is 27.5 Å². The summed E-state index contributed by atoms with van der Waals surface area (Å²) < 4.78 is 41.0. The van der Waals surface area contributed by atoms with Crippen LogP contribution < -0.4 is 10.6 Å². The molecule has 0 aliphatic carbocycles. The lowest BCUT2D eigenvalue weighted by atomic mass is 10.1. The molecule has 166 valence electrons. The number of benzene rings is 3. The first kappa shape index (κ1) is 23.0. The quantitative estimate of drug-likeness (QED) is 0.519. The van der Waals surface area contributed by atoms with Gasteiger partial charge in [-0.15, -0.1) is 0 Å². The van der Waals surface area contributed by atoms with E-state index in [4.69, 9.17) is 0 Å². The molecule has 3 aromatic carbocycles. The van der Waals surface area contributed by atoms with E-state index in [0.717, 1.165) is 5.56 Å². The average Bonchev–Trinajstić information content (AvgIpc) is 2.78. The molecule has 2 N–H and O–H groups in total. The lowest BCUT2D eigenvalue weighted by Gasteiger charge is -2.10. The van der Waals surface area contributed by atoms with Crippen LogP contribution in [0.2, 0.25) is 0 Å². The molecule has 0 unspecified atom stereocenters. The summed E-state index contributed by atoms with van der Waals surface area (Å²) >= 11 is 0. The van der Waals surface area contributed by atoms with E-state index in [0.29, 0.717) is 22.4 Å². The first-order valence-corrected chi connectivity index (χ1v) is 9.77. The molecule has 8 heteroatoms. The summed E-state index contributed by atoms with van der Waals surface area (Å²) in [4.78, 5) is 24.8. The van der Waals surface area contributed by atoms with Crippen molar-refractivity contribution in [3.05, 3.63) is 101 Å². The Morgan fingerprint density at radius 1 is 0.781 bits per heavy atom. The maximum Gasteiger partial charge on any atom is 0.411 e. The van der Waals surface area contributed by atoms with Gasteiger partial charge in [0.1, 0.15) is 6.61 Å². The van der Waals surface area contributed by atoms with Gasteiger partial charge in [-0.25, -0.2) is 0 Å². The summed E-state index contributed by atoms with van der Waals surface area (Å²) in [6, 6.07) is 22.1. The third-order valence-corrected chi connectivity index (χ3v) is 4.42. The monoisotopic (exact) mass is 442 g/mol. The van der Waals surface area contributed by atoms with E-state index in [1.54, 1.807) is 48.5 Å². The van der Waals surface area contributed by atoms with Crippen molar-refractivity contribution in [2.75, 3.05) is 11.9 Å². The van der Waals surface area contributed by atoms with Crippen LogP contribution in [0, 0.1) is 0 Å². The van der Waals surface area contributed by atoms with Crippen LogP contribution in [0.1, 0.15) is 31.8 Å². The van der Waals surface area contributed by atoms with E-state index < -0.39 is 12.8 Å². The molecule has 0 aliphatic heterocycles. The number of ether oxygens (including phenoxy) is 1. The molecular weight excluding hydrogens is 421 g/mol. The Kier molecular flexibility index (Phi) is 7.62. The highest BCUT2D eigenvalue weighted by Gasteiger charge is 2.27. The number of anilines is 1. The van der Waals surface area contributed by atoms with Crippen LogP contribution in [-0.2, 0) is 17.9 Å². The van der Waals surface area contributed by atoms with Crippen LogP contribution in [0.3, 0.4) is 0 Å². The van der Waals surface area contributed by atoms with Gasteiger partial charge in [-0.05, 0) is 47.5 Å². The first-order chi connectivity index (χ1) is 15.3. The van der Waals surface area contributed by atoms with E-state index in [1.165, 1.54) is 12.1 Å². The average molecular weight is 442 g/mol. The van der Waals surface area contributed by atoms with E-state index in [1.807, 2.05) is 18.2 Å². The van der Waals surface area contributed by atoms with Gasteiger partial charge in [-0.2, -0.15) is 13.2 Å². The smallest absolute Gasteiger partial charge is 0.367 e. The summed E-state index contributed by atoms with van der Waals surface area (Å²) in [5.41, 5.74) is 2.79. The minimum absolute atomic E-state index is 0.195. The van der Waals surface area contributed by atoms with Crippen LogP contribution in [0.15, 0.2) is 78.9 Å². The molecule has 5 nitrogen and oxygen atoms in total. The molecule has 0 saturated carbocycles. The molecule has 0 bridgehead atoms. The van der Waals surface area contributed by atoms with Gasteiger partial charge < -0.3 is 15.4 Å². The number of nitrogens with one attached hydrogen (secondary N) is 2. The van der Waals surface area contributed by atoms with Gasteiger partial charge in [-0.3, -0.25) is 9.59 Å². The fourth-order valence-electron chi connectivity index (χ4n) is 2.87. The second kappa shape index (κ2) is 10.6. The molecule has 0 fully saturated rings. The molecule has 3 aromatic rings. The summed E-state index contributed by atoms with van der Waals surface area (Å²) in [6.45, 7) is -1.31. The third-order valence-electron chi connectivity index (χ3n) is 4.42. The van der Waals surface area contributed by atoms with Gasteiger partial charge >= 0.3 is 6.18 Å². The standard InChI is InChI=1S/C24H21F3N2O3/c25-24(26,27)16-32-15-17-9-11-19(12-10-17)22(30)28-14-18-5-4-6-20(13-18)23(31)29-21-7-2-1-3-8-21/h1-13H,14-16H2,(H,28,30)(H,29,31). The van der Waals surface area contributed by atoms with Crippen LogP contribution in [0.25, 0.3) is 0 Å². The predicted octanol–water partition coefficient (Wildman–Crippen LogP) is 4.95. The number of carbonyl (C=O) groups excluding carboxylic acids is 2. The highest BCUT2D eigenvalue weighted by atomic mass is 19.4. The van der Waals surface area contributed by atoms with Gasteiger partial charge in [-0.1, -0.05) is 42.5 Å². The van der Waals surface area contributed by atoms with Crippen molar-refractivity contribution in [1.82, 2.24) is 5.32 Å².